The molecule has 4 rings (SSSR count). The maximum atomic E-state index is 14.0. The summed E-state index contributed by atoms with van der Waals surface area (Å²) in [4.78, 5) is 39.1. The Morgan fingerprint density at radius 3 is 2.53 bits per heavy atom. The quantitative estimate of drug-likeness (QED) is 0.776. The molecule has 2 atom stereocenters. The predicted molar refractivity (Wildman–Crippen MR) is 100 cm³/mol. The third-order valence-electron chi connectivity index (χ3n) is 5.57. The van der Waals surface area contributed by atoms with Gasteiger partial charge in [-0.25, -0.2) is 8.78 Å². The Bertz CT molecular complexity index is 1110. The van der Waals surface area contributed by atoms with Crippen molar-refractivity contribution < 1.29 is 28.2 Å². The van der Waals surface area contributed by atoms with Gasteiger partial charge >= 0.3 is 0 Å². The summed E-state index contributed by atoms with van der Waals surface area (Å²) < 4.78 is 34.8. The van der Waals surface area contributed by atoms with Crippen molar-refractivity contribution in [1.82, 2.24) is 14.8 Å². The van der Waals surface area contributed by atoms with E-state index in [0.717, 1.165) is 12.1 Å². The van der Waals surface area contributed by atoms with Gasteiger partial charge in [-0.05, 0) is 24.6 Å². The number of nitrogens with zero attached hydrogens (tertiary/aromatic N) is 2. The number of pyridine rings is 1. The first-order valence-electron chi connectivity index (χ1n) is 9.26. The van der Waals surface area contributed by atoms with E-state index in [1.165, 1.54) is 22.6 Å². The number of nitrogens with one attached hydrogen (secondary N) is 1. The van der Waals surface area contributed by atoms with Crippen molar-refractivity contribution in [3.63, 3.8) is 0 Å². The number of ether oxygens (including phenoxy) is 1. The average molecular weight is 419 g/mol. The number of aromatic nitrogens is 1. The van der Waals surface area contributed by atoms with E-state index in [4.69, 9.17) is 4.74 Å². The fourth-order valence-corrected chi connectivity index (χ4v) is 3.90. The smallest absolute Gasteiger partial charge is 0.274 e. The zero-order chi connectivity index (χ0) is 21.7. The van der Waals surface area contributed by atoms with Crippen molar-refractivity contribution in [2.75, 3.05) is 20.3 Å². The first-order chi connectivity index (χ1) is 14.2. The number of aryl methyl sites for hydroxylation is 1. The summed E-state index contributed by atoms with van der Waals surface area (Å²) >= 11 is 0. The van der Waals surface area contributed by atoms with Gasteiger partial charge in [0.25, 0.3) is 11.8 Å². The first kappa shape index (κ1) is 20.0. The third kappa shape index (κ3) is 3.04. The largest absolute Gasteiger partial charge is 0.503 e. The van der Waals surface area contributed by atoms with Crippen LogP contribution in [0.25, 0.3) is 0 Å². The molecule has 2 aliphatic heterocycles. The normalized spacial score (nSPS) is 20.1. The molecule has 2 aromatic rings. The van der Waals surface area contributed by atoms with Crippen molar-refractivity contribution in [2.45, 2.75) is 25.6 Å². The fourth-order valence-electron chi connectivity index (χ4n) is 3.90. The van der Waals surface area contributed by atoms with Crippen molar-refractivity contribution >= 4 is 11.8 Å². The average Bonchev–Trinajstić information content (AvgIpc) is 3.17. The van der Waals surface area contributed by atoms with Gasteiger partial charge in [0, 0.05) is 25.4 Å². The van der Waals surface area contributed by atoms with Crippen LogP contribution in [0.15, 0.2) is 23.1 Å². The van der Waals surface area contributed by atoms with Gasteiger partial charge in [-0.3, -0.25) is 14.4 Å². The van der Waals surface area contributed by atoms with E-state index < -0.39 is 46.7 Å². The number of carbonyl (C=O) groups is 2. The summed E-state index contributed by atoms with van der Waals surface area (Å²) in [6, 6.07) is 1.57. The van der Waals surface area contributed by atoms with Crippen LogP contribution >= 0.6 is 0 Å². The molecular weight excluding hydrogens is 400 g/mol. The van der Waals surface area contributed by atoms with Crippen LogP contribution in [0.1, 0.15) is 38.0 Å². The molecule has 1 saturated heterocycles. The van der Waals surface area contributed by atoms with Crippen LogP contribution in [0.5, 0.6) is 5.75 Å². The Hall–Kier alpha value is -3.27. The van der Waals surface area contributed by atoms with Crippen LogP contribution in [-0.2, 0) is 11.3 Å². The molecule has 0 aliphatic carbocycles. The SMILES string of the molecule is Cc1cc(F)c(CNC(=O)c2cn3c(c(O)c2=O)C(=O)N(C)[C@H]2COC[C@H]23)c(F)c1. The lowest BCUT2D eigenvalue weighted by Crippen LogP contribution is -2.49. The second kappa shape index (κ2) is 7.21. The van der Waals surface area contributed by atoms with E-state index in [1.807, 2.05) is 0 Å². The highest BCUT2D eigenvalue weighted by molar-refractivity contribution is 5.99. The van der Waals surface area contributed by atoms with Gasteiger partial charge in [-0.1, -0.05) is 0 Å². The lowest BCUT2D eigenvalue weighted by Gasteiger charge is -2.36. The maximum Gasteiger partial charge on any atom is 0.274 e. The molecule has 30 heavy (non-hydrogen) atoms. The summed E-state index contributed by atoms with van der Waals surface area (Å²) in [7, 11) is 1.55. The second-order valence-corrected chi connectivity index (χ2v) is 7.45. The van der Waals surface area contributed by atoms with Crippen LogP contribution in [0.3, 0.4) is 0 Å². The molecule has 2 amide bonds. The van der Waals surface area contributed by atoms with Gasteiger partial charge in [0.2, 0.25) is 5.43 Å². The third-order valence-corrected chi connectivity index (χ3v) is 5.57. The molecule has 1 aromatic carbocycles. The molecule has 2 N–H and O–H groups in total. The summed E-state index contributed by atoms with van der Waals surface area (Å²) in [6.45, 7) is 1.56. The van der Waals surface area contributed by atoms with Crippen LogP contribution in [0, 0.1) is 18.6 Å². The minimum atomic E-state index is -1.04. The van der Waals surface area contributed by atoms with Gasteiger partial charge in [-0.2, -0.15) is 0 Å². The van der Waals surface area contributed by atoms with Crippen LogP contribution in [-0.4, -0.2) is 52.7 Å². The van der Waals surface area contributed by atoms with E-state index >= 15 is 0 Å². The zero-order valence-electron chi connectivity index (χ0n) is 16.2. The van der Waals surface area contributed by atoms with Crippen molar-refractivity contribution in [1.29, 1.82) is 0 Å². The Balaban J connectivity index is 1.68. The highest BCUT2D eigenvalue weighted by Gasteiger charge is 2.43. The van der Waals surface area contributed by atoms with E-state index in [-0.39, 0.29) is 36.6 Å². The molecular formula is C20H19F2N3O5. The zero-order valence-corrected chi connectivity index (χ0v) is 16.2. The molecule has 8 nitrogen and oxygen atoms in total. The Morgan fingerprint density at radius 1 is 1.23 bits per heavy atom. The lowest BCUT2D eigenvalue weighted by molar-refractivity contribution is 0.0622. The van der Waals surface area contributed by atoms with E-state index in [9.17, 15) is 28.3 Å². The molecule has 0 radical (unpaired) electrons. The Kier molecular flexibility index (Phi) is 4.81. The number of hydrogen-bond acceptors (Lipinski definition) is 5. The lowest BCUT2D eigenvalue weighted by atomic mass is 10.0. The van der Waals surface area contributed by atoms with E-state index in [0.29, 0.717) is 5.56 Å². The molecule has 0 unspecified atom stereocenters. The monoisotopic (exact) mass is 419 g/mol. The predicted octanol–water partition coefficient (Wildman–Crippen LogP) is 1.10. The number of carbonyl (C=O) groups excluding carboxylic acids is 2. The molecule has 1 aromatic heterocycles. The highest BCUT2D eigenvalue weighted by Crippen LogP contribution is 2.33. The summed E-state index contributed by atoms with van der Waals surface area (Å²) in [5.41, 5.74) is -1.66. The molecule has 0 bridgehead atoms. The summed E-state index contributed by atoms with van der Waals surface area (Å²) in [5, 5.41) is 12.7. The Morgan fingerprint density at radius 2 is 1.87 bits per heavy atom. The van der Waals surface area contributed by atoms with Crippen molar-refractivity contribution in [3.05, 3.63) is 62.6 Å². The number of benzene rings is 1. The van der Waals surface area contributed by atoms with Crippen molar-refractivity contribution in [3.8, 4) is 5.75 Å². The second-order valence-electron chi connectivity index (χ2n) is 7.45. The first-order valence-corrected chi connectivity index (χ1v) is 9.26. The number of likely N-dealkylation sites (N-methyl/N-ethyl adjacent to an activating group) is 1. The van der Waals surface area contributed by atoms with Crippen LogP contribution in [0.4, 0.5) is 8.78 Å². The fraction of sp³-hybridized carbons (Fsp3) is 0.350. The molecule has 10 heteroatoms. The van der Waals surface area contributed by atoms with Crippen LogP contribution in [0.2, 0.25) is 0 Å². The van der Waals surface area contributed by atoms with E-state index in [2.05, 4.69) is 5.32 Å². The molecule has 1 fully saturated rings. The van der Waals surface area contributed by atoms with Gasteiger partial charge < -0.3 is 24.6 Å². The molecule has 3 heterocycles. The molecule has 158 valence electrons. The minimum absolute atomic E-state index is 0.221. The van der Waals surface area contributed by atoms with Gasteiger partial charge in [0.1, 0.15) is 17.2 Å². The number of rotatable bonds is 3. The molecule has 0 spiro atoms. The minimum Gasteiger partial charge on any atom is -0.503 e. The number of amides is 2. The molecule has 0 saturated carbocycles. The highest BCUT2D eigenvalue weighted by atomic mass is 19.1. The number of fused-ring (bicyclic) bond motifs is 3. The standard InChI is InChI=1S/C20H19F2N3O5/c1-9-3-12(21)10(13(22)4-9)5-23-19(28)11-6-25-15-8-30-7-14(15)24(2)20(29)16(25)18(27)17(11)26/h3-4,6,14-15,27H,5,7-8H2,1-2H3,(H,23,28)/t14-,15+/m0/s1. The number of aromatic hydroxyl groups is 1. The summed E-state index contributed by atoms with van der Waals surface area (Å²) in [6.07, 6.45) is 1.19. The van der Waals surface area contributed by atoms with Gasteiger partial charge in [-0.15, -0.1) is 0 Å². The molecule has 2 aliphatic rings. The summed E-state index contributed by atoms with van der Waals surface area (Å²) in [5.74, 6) is -3.98. The number of halogens is 2. The number of hydrogen-bond donors (Lipinski definition) is 2. The van der Waals surface area contributed by atoms with Crippen molar-refractivity contribution in [2.24, 2.45) is 0 Å². The van der Waals surface area contributed by atoms with E-state index in [1.54, 1.807) is 7.05 Å². The van der Waals surface area contributed by atoms with Crippen LogP contribution < -0.4 is 10.7 Å². The van der Waals surface area contributed by atoms with Gasteiger partial charge in [0.15, 0.2) is 11.4 Å². The Labute approximate surface area is 169 Å². The van der Waals surface area contributed by atoms with Gasteiger partial charge in [0.05, 0.1) is 25.3 Å². The topological polar surface area (TPSA) is 101 Å². The maximum absolute atomic E-state index is 14.0.